The number of nitrogens with zero attached hydrogens (tertiary/aromatic N) is 1. The standard InChI is InChI=1S/C11H16N2O4S/c1-9(12-14)10-3-5-11(6-4-10)13-18(15,16)8-7-17-2/h3-6,13-14H,7-8H2,1-2H3/b12-9+. The van der Waals surface area contributed by atoms with Gasteiger partial charge in [-0.05, 0) is 24.6 Å². The molecule has 7 heteroatoms. The van der Waals surface area contributed by atoms with Gasteiger partial charge in [-0.25, -0.2) is 8.42 Å². The minimum Gasteiger partial charge on any atom is -0.411 e. The van der Waals surface area contributed by atoms with Crippen LogP contribution in [0.1, 0.15) is 12.5 Å². The predicted octanol–water partition coefficient (Wildman–Crippen LogP) is 1.27. The van der Waals surface area contributed by atoms with Crippen molar-refractivity contribution in [3.8, 4) is 0 Å². The fourth-order valence-electron chi connectivity index (χ4n) is 1.26. The van der Waals surface area contributed by atoms with Gasteiger partial charge in [0.2, 0.25) is 10.0 Å². The third kappa shape index (κ3) is 4.34. The maximum atomic E-state index is 11.6. The first-order chi connectivity index (χ1) is 8.48. The highest BCUT2D eigenvalue weighted by Gasteiger charge is 2.09. The molecule has 0 amide bonds. The zero-order chi connectivity index (χ0) is 13.6. The van der Waals surface area contributed by atoms with Crippen LogP contribution >= 0.6 is 0 Å². The molecule has 2 N–H and O–H groups in total. The van der Waals surface area contributed by atoms with E-state index in [0.29, 0.717) is 11.4 Å². The molecular weight excluding hydrogens is 256 g/mol. The number of rotatable bonds is 6. The Kier molecular flexibility index (Phi) is 5.11. The van der Waals surface area contributed by atoms with Crippen molar-refractivity contribution in [2.75, 3.05) is 24.2 Å². The van der Waals surface area contributed by atoms with Gasteiger partial charge in [0.05, 0.1) is 18.1 Å². The van der Waals surface area contributed by atoms with Gasteiger partial charge < -0.3 is 9.94 Å². The van der Waals surface area contributed by atoms with E-state index < -0.39 is 10.0 Å². The minimum absolute atomic E-state index is 0.0949. The summed E-state index contributed by atoms with van der Waals surface area (Å²) < 4.78 is 30.3. The van der Waals surface area contributed by atoms with Crippen molar-refractivity contribution in [1.82, 2.24) is 0 Å². The Hall–Kier alpha value is -1.60. The van der Waals surface area contributed by atoms with Crippen molar-refractivity contribution in [3.05, 3.63) is 29.8 Å². The Bertz CT molecular complexity index is 508. The average Bonchev–Trinajstić information content (AvgIpc) is 2.36. The normalized spacial score (nSPS) is 12.4. The van der Waals surface area contributed by atoms with Gasteiger partial charge in [-0.3, -0.25) is 4.72 Å². The first kappa shape index (κ1) is 14.5. The molecule has 0 unspecified atom stereocenters. The topological polar surface area (TPSA) is 88.0 Å². The molecule has 1 aromatic carbocycles. The van der Waals surface area contributed by atoms with E-state index in [-0.39, 0.29) is 12.4 Å². The maximum Gasteiger partial charge on any atom is 0.234 e. The lowest BCUT2D eigenvalue weighted by atomic mass is 10.1. The first-order valence-corrected chi connectivity index (χ1v) is 6.92. The summed E-state index contributed by atoms with van der Waals surface area (Å²) >= 11 is 0. The van der Waals surface area contributed by atoms with Gasteiger partial charge in [-0.1, -0.05) is 17.3 Å². The Morgan fingerprint density at radius 3 is 2.50 bits per heavy atom. The number of benzene rings is 1. The molecule has 0 aliphatic heterocycles. The van der Waals surface area contributed by atoms with Crippen LogP contribution in [-0.2, 0) is 14.8 Å². The summed E-state index contributed by atoms with van der Waals surface area (Å²) in [5.41, 5.74) is 1.64. The van der Waals surface area contributed by atoms with E-state index >= 15 is 0 Å². The van der Waals surface area contributed by atoms with Crippen LogP contribution in [0.4, 0.5) is 5.69 Å². The highest BCUT2D eigenvalue weighted by molar-refractivity contribution is 7.92. The molecule has 1 aromatic rings. The minimum atomic E-state index is -3.39. The second-order valence-corrected chi connectivity index (χ2v) is 5.52. The Morgan fingerprint density at radius 1 is 1.39 bits per heavy atom. The van der Waals surface area contributed by atoms with E-state index in [1.54, 1.807) is 31.2 Å². The van der Waals surface area contributed by atoms with Gasteiger partial charge in [0.1, 0.15) is 0 Å². The number of methoxy groups -OCH3 is 1. The summed E-state index contributed by atoms with van der Waals surface area (Å²) in [4.78, 5) is 0. The van der Waals surface area contributed by atoms with E-state index in [1.165, 1.54) is 7.11 Å². The zero-order valence-corrected chi connectivity index (χ0v) is 11.1. The number of nitrogens with one attached hydrogen (secondary N) is 1. The number of ether oxygens (including phenoxy) is 1. The molecule has 0 spiro atoms. The highest BCUT2D eigenvalue weighted by atomic mass is 32.2. The summed E-state index contributed by atoms with van der Waals surface area (Å²) in [6.07, 6.45) is 0. The molecule has 0 atom stereocenters. The molecule has 0 fully saturated rings. The van der Waals surface area contributed by atoms with Gasteiger partial charge in [-0.2, -0.15) is 0 Å². The molecule has 18 heavy (non-hydrogen) atoms. The van der Waals surface area contributed by atoms with Crippen molar-refractivity contribution >= 4 is 21.4 Å². The molecular formula is C11H16N2O4S. The van der Waals surface area contributed by atoms with E-state index in [4.69, 9.17) is 9.94 Å². The molecule has 100 valence electrons. The van der Waals surface area contributed by atoms with Crippen LogP contribution < -0.4 is 4.72 Å². The first-order valence-electron chi connectivity index (χ1n) is 5.27. The van der Waals surface area contributed by atoms with Crippen LogP contribution in [0, 0.1) is 0 Å². The van der Waals surface area contributed by atoms with Crippen LogP contribution in [0.25, 0.3) is 0 Å². The average molecular weight is 272 g/mol. The Labute approximate surface area is 106 Å². The number of sulfonamides is 1. The zero-order valence-electron chi connectivity index (χ0n) is 10.3. The molecule has 0 bridgehead atoms. The third-order valence-electron chi connectivity index (χ3n) is 2.28. The van der Waals surface area contributed by atoms with Crippen molar-refractivity contribution < 1.29 is 18.4 Å². The van der Waals surface area contributed by atoms with E-state index in [1.807, 2.05) is 0 Å². The van der Waals surface area contributed by atoms with Crippen molar-refractivity contribution in [1.29, 1.82) is 0 Å². The van der Waals surface area contributed by atoms with Crippen molar-refractivity contribution in [2.45, 2.75) is 6.92 Å². The quantitative estimate of drug-likeness (QED) is 0.464. The molecule has 0 aromatic heterocycles. The molecule has 0 radical (unpaired) electrons. The molecule has 0 saturated carbocycles. The Balaban J connectivity index is 2.75. The van der Waals surface area contributed by atoms with Gasteiger partial charge >= 0.3 is 0 Å². The molecule has 0 saturated heterocycles. The van der Waals surface area contributed by atoms with Crippen LogP contribution in [0.3, 0.4) is 0 Å². The molecule has 0 aliphatic carbocycles. The van der Waals surface area contributed by atoms with Crippen molar-refractivity contribution in [2.24, 2.45) is 5.16 Å². The summed E-state index contributed by atoms with van der Waals surface area (Å²) in [6.45, 7) is 1.79. The smallest absolute Gasteiger partial charge is 0.234 e. The third-order valence-corrected chi connectivity index (χ3v) is 3.53. The van der Waals surface area contributed by atoms with Crippen LogP contribution in [0.15, 0.2) is 29.4 Å². The second kappa shape index (κ2) is 6.36. The SMILES string of the molecule is COCCS(=O)(=O)Nc1ccc(/C(C)=N/O)cc1. The summed E-state index contributed by atoms with van der Waals surface area (Å²) in [5.74, 6) is -0.0949. The van der Waals surface area contributed by atoms with Gasteiger partial charge in [0.25, 0.3) is 0 Å². The number of oxime groups is 1. The highest BCUT2D eigenvalue weighted by Crippen LogP contribution is 2.12. The lowest BCUT2D eigenvalue weighted by molar-refractivity contribution is 0.217. The monoisotopic (exact) mass is 272 g/mol. The summed E-state index contributed by atoms with van der Waals surface area (Å²) in [6, 6.07) is 6.55. The Morgan fingerprint density at radius 2 is 2.00 bits per heavy atom. The fraction of sp³-hybridized carbons (Fsp3) is 0.364. The predicted molar refractivity (Wildman–Crippen MR) is 69.7 cm³/mol. The lowest BCUT2D eigenvalue weighted by Gasteiger charge is -2.08. The molecule has 0 aliphatic rings. The van der Waals surface area contributed by atoms with Crippen LogP contribution in [0.2, 0.25) is 0 Å². The summed E-state index contributed by atoms with van der Waals surface area (Å²) in [7, 11) is -1.94. The van der Waals surface area contributed by atoms with E-state index in [0.717, 1.165) is 5.56 Å². The van der Waals surface area contributed by atoms with E-state index in [9.17, 15) is 8.42 Å². The lowest BCUT2D eigenvalue weighted by Crippen LogP contribution is -2.19. The molecule has 1 rings (SSSR count). The van der Waals surface area contributed by atoms with Gasteiger partial charge in [0, 0.05) is 12.8 Å². The van der Waals surface area contributed by atoms with E-state index in [2.05, 4.69) is 9.88 Å². The van der Waals surface area contributed by atoms with Crippen LogP contribution in [0.5, 0.6) is 0 Å². The molecule has 6 nitrogen and oxygen atoms in total. The second-order valence-electron chi connectivity index (χ2n) is 3.68. The largest absolute Gasteiger partial charge is 0.411 e. The van der Waals surface area contributed by atoms with Gasteiger partial charge in [-0.15, -0.1) is 0 Å². The number of anilines is 1. The molecule has 0 heterocycles. The fourth-order valence-corrected chi connectivity index (χ4v) is 2.24. The number of hydrogen-bond donors (Lipinski definition) is 2. The maximum absolute atomic E-state index is 11.6. The summed E-state index contributed by atoms with van der Waals surface area (Å²) in [5, 5.41) is 11.7. The van der Waals surface area contributed by atoms with Gasteiger partial charge in [0.15, 0.2) is 0 Å². The number of hydrogen-bond acceptors (Lipinski definition) is 5. The van der Waals surface area contributed by atoms with Crippen molar-refractivity contribution in [3.63, 3.8) is 0 Å². The van der Waals surface area contributed by atoms with Crippen LogP contribution in [-0.4, -0.2) is 38.8 Å².